The maximum atomic E-state index is 12.7. The third-order valence-electron chi connectivity index (χ3n) is 4.98. The van der Waals surface area contributed by atoms with Crippen molar-refractivity contribution in [1.29, 1.82) is 0 Å². The van der Waals surface area contributed by atoms with Crippen molar-refractivity contribution >= 4 is 17.2 Å². The Kier molecular flexibility index (Phi) is 3.87. The number of thiophene rings is 1. The molecule has 0 aromatic carbocycles. The minimum absolute atomic E-state index is 0.0149. The Bertz CT molecular complexity index is 473. The first kappa shape index (κ1) is 14.1. The van der Waals surface area contributed by atoms with E-state index in [0.717, 1.165) is 18.9 Å². The van der Waals surface area contributed by atoms with Crippen molar-refractivity contribution in [2.24, 2.45) is 17.8 Å². The molecule has 1 aliphatic carbocycles. The molecule has 3 nitrogen and oxygen atoms in total. The molecule has 5 unspecified atom stereocenters. The summed E-state index contributed by atoms with van der Waals surface area (Å²) >= 11 is 1.70. The number of rotatable bonds is 5. The molecule has 0 radical (unpaired) electrons. The zero-order valence-electron chi connectivity index (χ0n) is 12.5. The van der Waals surface area contributed by atoms with Gasteiger partial charge in [-0.25, -0.2) is 0 Å². The van der Waals surface area contributed by atoms with Crippen LogP contribution in [0.1, 0.15) is 45.3 Å². The number of hydrogen-bond acceptors (Lipinski definition) is 3. The van der Waals surface area contributed by atoms with Crippen LogP contribution in [0.2, 0.25) is 0 Å². The van der Waals surface area contributed by atoms with Gasteiger partial charge in [-0.1, -0.05) is 27.2 Å². The third-order valence-corrected chi connectivity index (χ3v) is 5.68. The van der Waals surface area contributed by atoms with Gasteiger partial charge in [-0.05, 0) is 46.6 Å². The molecule has 2 aliphatic rings. The van der Waals surface area contributed by atoms with Crippen LogP contribution in [0.25, 0.3) is 0 Å². The van der Waals surface area contributed by atoms with Crippen molar-refractivity contribution in [2.75, 3.05) is 6.54 Å². The molecule has 1 amide bonds. The van der Waals surface area contributed by atoms with Crippen molar-refractivity contribution in [3.63, 3.8) is 0 Å². The van der Waals surface area contributed by atoms with Gasteiger partial charge in [0, 0.05) is 6.54 Å². The summed E-state index contributed by atoms with van der Waals surface area (Å²) in [4.78, 5) is 14.8. The zero-order valence-corrected chi connectivity index (χ0v) is 13.3. The Hall–Kier alpha value is -0.870. The van der Waals surface area contributed by atoms with Crippen LogP contribution >= 0.6 is 11.3 Å². The second-order valence-electron chi connectivity index (χ2n) is 6.45. The Morgan fingerprint density at radius 2 is 2.30 bits per heavy atom. The van der Waals surface area contributed by atoms with E-state index in [1.165, 1.54) is 12.0 Å². The molecule has 1 aliphatic heterocycles. The molecule has 2 fully saturated rings. The van der Waals surface area contributed by atoms with Gasteiger partial charge in [-0.3, -0.25) is 10.1 Å². The summed E-state index contributed by atoms with van der Waals surface area (Å²) < 4.78 is 0. The van der Waals surface area contributed by atoms with Crippen LogP contribution in [0, 0.1) is 17.8 Å². The van der Waals surface area contributed by atoms with Crippen LogP contribution in [0.5, 0.6) is 0 Å². The average molecular weight is 292 g/mol. The van der Waals surface area contributed by atoms with Crippen LogP contribution in [-0.4, -0.2) is 23.4 Å². The van der Waals surface area contributed by atoms with E-state index in [9.17, 15) is 4.79 Å². The van der Waals surface area contributed by atoms with Crippen molar-refractivity contribution in [1.82, 2.24) is 10.2 Å². The Balaban J connectivity index is 1.80. The van der Waals surface area contributed by atoms with E-state index in [1.807, 2.05) is 0 Å². The van der Waals surface area contributed by atoms with Gasteiger partial charge in [0.1, 0.15) is 6.17 Å². The largest absolute Gasteiger partial charge is 0.321 e. The average Bonchev–Trinajstić information content (AvgIpc) is 2.85. The van der Waals surface area contributed by atoms with E-state index in [2.05, 4.69) is 47.8 Å². The summed E-state index contributed by atoms with van der Waals surface area (Å²) in [5, 5.41) is 7.83. The minimum atomic E-state index is -0.0149. The fraction of sp³-hybridized carbons (Fsp3) is 0.688. The van der Waals surface area contributed by atoms with Crippen molar-refractivity contribution in [3.8, 4) is 0 Å². The Morgan fingerprint density at radius 1 is 1.55 bits per heavy atom. The monoisotopic (exact) mass is 292 g/mol. The predicted molar refractivity (Wildman–Crippen MR) is 82.4 cm³/mol. The van der Waals surface area contributed by atoms with Gasteiger partial charge in [0.2, 0.25) is 5.91 Å². The fourth-order valence-corrected chi connectivity index (χ4v) is 3.77. The van der Waals surface area contributed by atoms with E-state index >= 15 is 0 Å². The van der Waals surface area contributed by atoms with Gasteiger partial charge in [-0.2, -0.15) is 11.3 Å². The second-order valence-corrected chi connectivity index (χ2v) is 7.23. The summed E-state index contributed by atoms with van der Waals surface area (Å²) in [5.41, 5.74) is 1.24. The highest BCUT2D eigenvalue weighted by Crippen LogP contribution is 2.41. The molecule has 1 saturated heterocycles. The Labute approximate surface area is 125 Å². The number of nitrogens with zero attached hydrogens (tertiary/aromatic N) is 1. The van der Waals surface area contributed by atoms with E-state index in [4.69, 9.17) is 0 Å². The van der Waals surface area contributed by atoms with Gasteiger partial charge in [0.25, 0.3) is 0 Å². The maximum Gasteiger partial charge on any atom is 0.241 e. The molecule has 0 spiro atoms. The van der Waals surface area contributed by atoms with Crippen molar-refractivity contribution in [2.45, 2.75) is 45.8 Å². The van der Waals surface area contributed by atoms with Gasteiger partial charge in [0.05, 0.1) is 6.04 Å². The second kappa shape index (κ2) is 5.49. The van der Waals surface area contributed by atoms with E-state index < -0.39 is 0 Å². The van der Waals surface area contributed by atoms with E-state index in [1.54, 1.807) is 11.3 Å². The first-order chi connectivity index (χ1) is 9.61. The molecule has 4 heteroatoms. The molecule has 5 atom stereocenters. The van der Waals surface area contributed by atoms with Gasteiger partial charge < -0.3 is 4.90 Å². The molecule has 20 heavy (non-hydrogen) atoms. The summed E-state index contributed by atoms with van der Waals surface area (Å²) in [7, 11) is 0. The summed E-state index contributed by atoms with van der Waals surface area (Å²) in [6, 6.07) is 2.12. The fourth-order valence-electron chi connectivity index (χ4n) is 3.09. The predicted octanol–water partition coefficient (Wildman–Crippen LogP) is 3.25. The van der Waals surface area contributed by atoms with E-state index in [-0.39, 0.29) is 12.2 Å². The topological polar surface area (TPSA) is 32.3 Å². The van der Waals surface area contributed by atoms with Crippen LogP contribution in [0.4, 0.5) is 0 Å². The normalized spacial score (nSPS) is 34.5. The lowest BCUT2D eigenvalue weighted by atomic mass is 9.99. The van der Waals surface area contributed by atoms with Crippen LogP contribution < -0.4 is 5.32 Å². The highest BCUT2D eigenvalue weighted by molar-refractivity contribution is 7.07. The number of carbonyl (C=O) groups is 1. The molecule has 1 aromatic heterocycles. The number of nitrogens with one attached hydrogen (secondary N) is 1. The van der Waals surface area contributed by atoms with Crippen molar-refractivity contribution in [3.05, 3.63) is 22.4 Å². The molecule has 0 bridgehead atoms. The minimum Gasteiger partial charge on any atom is -0.321 e. The lowest BCUT2D eigenvalue weighted by molar-refractivity contribution is -0.131. The zero-order chi connectivity index (χ0) is 14.3. The lowest BCUT2D eigenvalue weighted by Crippen LogP contribution is -2.36. The van der Waals surface area contributed by atoms with Gasteiger partial charge in [0.15, 0.2) is 0 Å². The molecular weight excluding hydrogens is 268 g/mol. The van der Waals surface area contributed by atoms with Crippen LogP contribution in [0.3, 0.4) is 0 Å². The first-order valence-corrected chi connectivity index (χ1v) is 8.64. The first-order valence-electron chi connectivity index (χ1n) is 7.70. The highest BCUT2D eigenvalue weighted by atomic mass is 32.1. The lowest BCUT2D eigenvalue weighted by Gasteiger charge is -2.23. The molecular formula is C16H24N2OS. The number of hydrogen-bond donors (Lipinski definition) is 1. The summed E-state index contributed by atoms with van der Waals surface area (Å²) in [6.07, 6.45) is 2.39. The molecule has 1 N–H and O–H groups in total. The summed E-state index contributed by atoms with van der Waals surface area (Å²) in [5.74, 6) is 2.19. The van der Waals surface area contributed by atoms with E-state index in [0.29, 0.717) is 17.7 Å². The number of carbonyl (C=O) groups excluding carboxylic acids is 1. The van der Waals surface area contributed by atoms with Gasteiger partial charge in [-0.15, -0.1) is 0 Å². The van der Waals surface area contributed by atoms with Crippen molar-refractivity contribution < 1.29 is 4.79 Å². The standard InChI is InChI=1S/C16H24N2OS/c1-4-10(2)14-16(19)18(8-13-7-11(13)3)15(17-14)12-5-6-20-9-12/h5-6,9-11,13-15,17H,4,7-8H2,1-3H3. The maximum absolute atomic E-state index is 12.7. The smallest absolute Gasteiger partial charge is 0.241 e. The molecule has 1 aromatic rings. The molecule has 3 rings (SSSR count). The number of amides is 1. The quantitative estimate of drug-likeness (QED) is 0.903. The SMILES string of the molecule is CCC(C)C1NC(c2ccsc2)N(CC2CC2C)C1=O. The van der Waals surface area contributed by atoms with Crippen LogP contribution in [0.15, 0.2) is 16.8 Å². The van der Waals surface area contributed by atoms with Crippen LogP contribution in [-0.2, 0) is 4.79 Å². The summed E-state index contributed by atoms with van der Waals surface area (Å²) in [6.45, 7) is 7.53. The molecule has 1 saturated carbocycles. The molecule has 2 heterocycles. The third kappa shape index (κ3) is 2.51. The molecule has 110 valence electrons. The Morgan fingerprint density at radius 3 is 2.85 bits per heavy atom. The van der Waals surface area contributed by atoms with Gasteiger partial charge >= 0.3 is 0 Å². The highest BCUT2D eigenvalue weighted by Gasteiger charge is 2.45.